The number of benzene rings is 1. The lowest BCUT2D eigenvalue weighted by Crippen LogP contribution is -2.18. The summed E-state index contributed by atoms with van der Waals surface area (Å²) in [4.78, 5) is 8.75. The summed E-state index contributed by atoms with van der Waals surface area (Å²) in [7, 11) is -2.17. The van der Waals surface area contributed by atoms with Gasteiger partial charge in [0.25, 0.3) is 10.0 Å². The van der Waals surface area contributed by atoms with E-state index in [1.807, 2.05) is 0 Å². The van der Waals surface area contributed by atoms with E-state index in [2.05, 4.69) is 19.9 Å². The molecule has 0 saturated heterocycles. The van der Waals surface area contributed by atoms with E-state index in [0.29, 0.717) is 11.4 Å². The Balaban J connectivity index is 2.09. The van der Waals surface area contributed by atoms with Crippen LogP contribution in [0.15, 0.2) is 46.8 Å². The Kier molecular flexibility index (Phi) is 3.81. The summed E-state index contributed by atoms with van der Waals surface area (Å²) in [5, 5.41) is 3.64. The number of aromatic nitrogens is 2. The van der Waals surface area contributed by atoms with Gasteiger partial charge in [-0.1, -0.05) is 0 Å². The molecule has 1 aromatic heterocycles. The number of nitrogens with zero attached hydrogens (tertiary/aromatic N) is 2. The highest BCUT2D eigenvalue weighted by Crippen LogP contribution is 2.15. The summed E-state index contributed by atoms with van der Waals surface area (Å²) in [6, 6.07) is 6.00. The van der Waals surface area contributed by atoms with Gasteiger partial charge in [-0.15, -0.1) is 0 Å². The first-order valence-corrected chi connectivity index (χ1v) is 6.77. The molecule has 0 aliphatic heterocycles. The van der Waals surface area contributed by atoms with E-state index in [9.17, 15) is 8.42 Å². The zero-order chi connectivity index (χ0) is 13.7. The van der Waals surface area contributed by atoms with Crippen LogP contribution in [-0.2, 0) is 10.0 Å². The minimum Gasteiger partial charge on any atom is -0.497 e. The topological polar surface area (TPSA) is 96.4 Å². The van der Waals surface area contributed by atoms with Gasteiger partial charge in [0.05, 0.1) is 36.4 Å². The van der Waals surface area contributed by atoms with Crippen LogP contribution in [-0.4, -0.2) is 31.7 Å². The van der Waals surface area contributed by atoms with Crippen molar-refractivity contribution in [2.75, 3.05) is 7.11 Å². The molecule has 0 unspecified atom stereocenters. The number of imidazole rings is 1. The quantitative estimate of drug-likeness (QED) is 0.623. The molecular formula is C11H12N4O3S. The van der Waals surface area contributed by atoms with Crippen molar-refractivity contribution in [2.45, 2.75) is 4.90 Å². The second kappa shape index (κ2) is 5.53. The predicted octanol–water partition coefficient (Wildman–Crippen LogP) is 0.731. The van der Waals surface area contributed by atoms with E-state index in [1.54, 1.807) is 12.1 Å². The first-order valence-electron chi connectivity index (χ1n) is 5.29. The Hall–Kier alpha value is -2.35. The molecule has 2 rings (SSSR count). The number of H-pyrrole nitrogens is 1. The highest BCUT2D eigenvalue weighted by Gasteiger charge is 2.12. The number of ether oxygens (including phenoxy) is 1. The van der Waals surface area contributed by atoms with Crippen molar-refractivity contribution in [3.63, 3.8) is 0 Å². The van der Waals surface area contributed by atoms with Gasteiger partial charge in [-0.3, -0.25) is 0 Å². The van der Waals surface area contributed by atoms with Crippen LogP contribution in [0, 0.1) is 0 Å². The standard InChI is InChI=1S/C11H12N4O3S/c1-18-10-2-4-11(5-3-10)19(16,17)15-14-7-9-6-12-8-13-9/h2-8,15H,1H3,(H,12,13). The lowest BCUT2D eigenvalue weighted by atomic mass is 10.3. The van der Waals surface area contributed by atoms with E-state index in [1.165, 1.54) is 38.0 Å². The molecule has 0 amide bonds. The fraction of sp³-hybridized carbons (Fsp3) is 0.0909. The molecule has 1 aromatic carbocycles. The van der Waals surface area contributed by atoms with E-state index in [-0.39, 0.29) is 4.90 Å². The van der Waals surface area contributed by atoms with Crippen molar-refractivity contribution in [3.8, 4) is 5.75 Å². The Labute approximate surface area is 110 Å². The van der Waals surface area contributed by atoms with Gasteiger partial charge >= 0.3 is 0 Å². The fourth-order valence-electron chi connectivity index (χ4n) is 1.31. The molecule has 2 N–H and O–H groups in total. The van der Waals surface area contributed by atoms with Crippen LogP contribution in [0.2, 0.25) is 0 Å². The molecular weight excluding hydrogens is 268 g/mol. The molecule has 0 bridgehead atoms. The Bertz CT molecular complexity index is 648. The molecule has 2 aromatic rings. The van der Waals surface area contributed by atoms with Crippen molar-refractivity contribution in [2.24, 2.45) is 5.10 Å². The number of nitrogens with one attached hydrogen (secondary N) is 2. The summed E-state index contributed by atoms with van der Waals surface area (Å²) in [6.07, 6.45) is 4.32. The summed E-state index contributed by atoms with van der Waals surface area (Å²) < 4.78 is 28.7. The highest BCUT2D eigenvalue weighted by atomic mass is 32.2. The van der Waals surface area contributed by atoms with Gasteiger partial charge in [0, 0.05) is 0 Å². The third-order valence-electron chi connectivity index (χ3n) is 2.27. The molecule has 100 valence electrons. The summed E-state index contributed by atoms with van der Waals surface area (Å²) in [5.41, 5.74) is 0.595. The maximum Gasteiger partial charge on any atom is 0.276 e. The number of hydrazone groups is 1. The van der Waals surface area contributed by atoms with E-state index in [0.717, 1.165) is 0 Å². The molecule has 0 spiro atoms. The fourth-order valence-corrected chi connectivity index (χ4v) is 2.10. The molecule has 0 aliphatic rings. The van der Waals surface area contributed by atoms with Gasteiger partial charge in [-0.25, -0.2) is 9.82 Å². The van der Waals surface area contributed by atoms with Gasteiger partial charge in [0.15, 0.2) is 0 Å². The lowest BCUT2D eigenvalue weighted by Gasteiger charge is -2.04. The average Bonchev–Trinajstić information content (AvgIpc) is 2.92. The van der Waals surface area contributed by atoms with Crippen LogP contribution >= 0.6 is 0 Å². The zero-order valence-corrected chi connectivity index (χ0v) is 10.9. The molecule has 0 aliphatic carbocycles. The van der Waals surface area contributed by atoms with E-state index in [4.69, 9.17) is 4.74 Å². The largest absolute Gasteiger partial charge is 0.497 e. The summed E-state index contributed by atoms with van der Waals surface area (Å²) in [6.45, 7) is 0. The minimum atomic E-state index is -3.68. The minimum absolute atomic E-state index is 0.107. The first-order chi connectivity index (χ1) is 9.12. The second-order valence-corrected chi connectivity index (χ2v) is 5.20. The smallest absolute Gasteiger partial charge is 0.276 e. The van der Waals surface area contributed by atoms with Crippen molar-refractivity contribution in [1.82, 2.24) is 14.8 Å². The monoisotopic (exact) mass is 280 g/mol. The van der Waals surface area contributed by atoms with Gasteiger partial charge in [0.2, 0.25) is 0 Å². The Morgan fingerprint density at radius 2 is 2.11 bits per heavy atom. The maximum absolute atomic E-state index is 11.9. The third-order valence-corrected chi connectivity index (χ3v) is 3.50. The highest BCUT2D eigenvalue weighted by molar-refractivity contribution is 7.89. The number of hydrogen-bond acceptors (Lipinski definition) is 5. The van der Waals surface area contributed by atoms with Gasteiger partial charge in [-0.05, 0) is 24.3 Å². The molecule has 7 nitrogen and oxygen atoms in total. The second-order valence-electron chi connectivity index (χ2n) is 3.54. The maximum atomic E-state index is 11.9. The zero-order valence-electron chi connectivity index (χ0n) is 10.1. The predicted molar refractivity (Wildman–Crippen MR) is 69.5 cm³/mol. The van der Waals surface area contributed by atoms with Gasteiger partial charge < -0.3 is 9.72 Å². The Morgan fingerprint density at radius 1 is 1.37 bits per heavy atom. The lowest BCUT2D eigenvalue weighted by molar-refractivity contribution is 0.414. The molecule has 0 saturated carbocycles. The number of sulfonamides is 1. The van der Waals surface area contributed by atoms with Crippen molar-refractivity contribution < 1.29 is 13.2 Å². The molecule has 0 fully saturated rings. The first kappa shape index (κ1) is 13.1. The van der Waals surface area contributed by atoms with Crippen LogP contribution in [0.4, 0.5) is 0 Å². The molecule has 1 heterocycles. The van der Waals surface area contributed by atoms with Crippen molar-refractivity contribution >= 4 is 16.2 Å². The molecule has 0 radical (unpaired) electrons. The van der Waals surface area contributed by atoms with Gasteiger partial charge in [0.1, 0.15) is 5.75 Å². The van der Waals surface area contributed by atoms with Crippen LogP contribution in [0.1, 0.15) is 5.69 Å². The normalized spacial score (nSPS) is 11.6. The third kappa shape index (κ3) is 3.32. The van der Waals surface area contributed by atoms with Crippen LogP contribution in [0.5, 0.6) is 5.75 Å². The molecule has 0 atom stereocenters. The molecule has 19 heavy (non-hydrogen) atoms. The average molecular weight is 280 g/mol. The van der Waals surface area contributed by atoms with E-state index < -0.39 is 10.0 Å². The van der Waals surface area contributed by atoms with E-state index >= 15 is 0 Å². The molecule has 8 heteroatoms. The Morgan fingerprint density at radius 3 is 2.68 bits per heavy atom. The number of hydrogen-bond donors (Lipinski definition) is 2. The number of methoxy groups -OCH3 is 1. The summed E-state index contributed by atoms with van der Waals surface area (Å²) >= 11 is 0. The van der Waals surface area contributed by atoms with Crippen LogP contribution < -0.4 is 9.57 Å². The van der Waals surface area contributed by atoms with Crippen LogP contribution in [0.25, 0.3) is 0 Å². The SMILES string of the molecule is COc1ccc(S(=O)(=O)NN=Cc2cnc[nH]2)cc1. The van der Waals surface area contributed by atoms with Crippen molar-refractivity contribution in [1.29, 1.82) is 0 Å². The van der Waals surface area contributed by atoms with Crippen LogP contribution in [0.3, 0.4) is 0 Å². The van der Waals surface area contributed by atoms with Crippen molar-refractivity contribution in [3.05, 3.63) is 42.5 Å². The van der Waals surface area contributed by atoms with Gasteiger partial charge in [-0.2, -0.15) is 13.5 Å². The number of rotatable bonds is 5. The number of aromatic amines is 1. The summed E-state index contributed by atoms with van der Waals surface area (Å²) in [5.74, 6) is 0.583.